The monoisotopic (exact) mass is 242 g/mol. The molecular formula is C11H12ClFN2O. The second kappa shape index (κ2) is 4.39. The van der Waals surface area contributed by atoms with Gasteiger partial charge in [-0.1, -0.05) is 17.7 Å². The van der Waals surface area contributed by atoms with Crippen LogP contribution in [0.3, 0.4) is 0 Å². The van der Waals surface area contributed by atoms with Crippen molar-refractivity contribution in [3.8, 4) is 0 Å². The molecule has 1 aromatic rings. The average Bonchev–Trinajstić information content (AvgIpc) is 2.98. The van der Waals surface area contributed by atoms with E-state index in [2.05, 4.69) is 5.32 Å². The van der Waals surface area contributed by atoms with E-state index in [1.165, 1.54) is 12.1 Å². The van der Waals surface area contributed by atoms with Crippen LogP contribution in [0.5, 0.6) is 0 Å². The maximum atomic E-state index is 13.6. The van der Waals surface area contributed by atoms with Gasteiger partial charge in [-0.2, -0.15) is 0 Å². The summed E-state index contributed by atoms with van der Waals surface area (Å²) in [6.07, 6.45) is 2.00. The number of hydrogen-bond acceptors (Lipinski definition) is 2. The van der Waals surface area contributed by atoms with Crippen molar-refractivity contribution in [3.63, 3.8) is 0 Å². The van der Waals surface area contributed by atoms with Gasteiger partial charge in [0.05, 0.1) is 0 Å². The lowest BCUT2D eigenvalue weighted by Gasteiger charge is -2.16. The molecule has 1 fully saturated rings. The van der Waals surface area contributed by atoms with Crippen molar-refractivity contribution < 1.29 is 9.18 Å². The number of benzene rings is 1. The standard InChI is InChI=1S/C11H12ClFN2O/c12-6-1-4-8(9(13)5-6)10(11(14)16)15-7-2-3-7/h1,4-5,7,10,15H,2-3H2,(H2,14,16). The quantitative estimate of drug-likeness (QED) is 0.845. The molecule has 1 saturated carbocycles. The van der Waals surface area contributed by atoms with Crippen molar-refractivity contribution in [2.24, 2.45) is 5.73 Å². The minimum atomic E-state index is -0.773. The van der Waals surface area contributed by atoms with Crippen LogP contribution in [0.4, 0.5) is 4.39 Å². The zero-order valence-corrected chi connectivity index (χ0v) is 9.30. The Kier molecular flexibility index (Phi) is 3.12. The fourth-order valence-corrected chi connectivity index (χ4v) is 1.71. The first-order chi connectivity index (χ1) is 7.58. The summed E-state index contributed by atoms with van der Waals surface area (Å²) < 4.78 is 13.6. The molecule has 0 heterocycles. The van der Waals surface area contributed by atoms with Crippen molar-refractivity contribution in [2.45, 2.75) is 24.9 Å². The summed E-state index contributed by atoms with van der Waals surface area (Å²) in [5.74, 6) is -1.09. The van der Waals surface area contributed by atoms with Crippen LogP contribution in [0.15, 0.2) is 18.2 Å². The predicted molar refractivity (Wildman–Crippen MR) is 59.5 cm³/mol. The minimum Gasteiger partial charge on any atom is -0.368 e. The normalized spacial score (nSPS) is 17.1. The number of primary amides is 1. The Bertz CT molecular complexity index is 420. The summed E-state index contributed by atoms with van der Waals surface area (Å²) in [5.41, 5.74) is 5.50. The third-order valence-electron chi connectivity index (χ3n) is 2.54. The first kappa shape index (κ1) is 11.4. The maximum absolute atomic E-state index is 13.6. The summed E-state index contributed by atoms with van der Waals surface area (Å²) in [5, 5.41) is 3.31. The number of carbonyl (C=O) groups is 1. The Morgan fingerprint density at radius 3 is 2.75 bits per heavy atom. The lowest BCUT2D eigenvalue weighted by molar-refractivity contribution is -0.120. The van der Waals surface area contributed by atoms with E-state index in [0.29, 0.717) is 5.02 Å². The summed E-state index contributed by atoms with van der Waals surface area (Å²) in [6, 6.07) is 3.71. The molecule has 1 aliphatic carbocycles. The van der Waals surface area contributed by atoms with E-state index < -0.39 is 17.8 Å². The molecule has 0 aromatic heterocycles. The Morgan fingerprint density at radius 2 is 2.25 bits per heavy atom. The number of amides is 1. The Balaban J connectivity index is 2.26. The highest BCUT2D eigenvalue weighted by atomic mass is 35.5. The molecule has 3 nitrogen and oxygen atoms in total. The number of nitrogens with two attached hydrogens (primary N) is 1. The molecule has 0 aliphatic heterocycles. The van der Waals surface area contributed by atoms with Crippen molar-refractivity contribution >= 4 is 17.5 Å². The van der Waals surface area contributed by atoms with Crippen molar-refractivity contribution in [1.82, 2.24) is 5.32 Å². The van der Waals surface area contributed by atoms with Crippen molar-refractivity contribution in [1.29, 1.82) is 0 Å². The Labute approximate surface area is 97.8 Å². The van der Waals surface area contributed by atoms with Gasteiger partial charge in [-0.15, -0.1) is 0 Å². The number of halogens is 2. The number of carbonyl (C=O) groups excluding carboxylic acids is 1. The van der Waals surface area contributed by atoms with Gasteiger partial charge in [0.25, 0.3) is 0 Å². The molecule has 1 aliphatic rings. The van der Waals surface area contributed by atoms with Crippen LogP contribution in [0.1, 0.15) is 24.4 Å². The van der Waals surface area contributed by atoms with Gasteiger partial charge in [0, 0.05) is 16.6 Å². The van der Waals surface area contributed by atoms with Gasteiger partial charge in [0.1, 0.15) is 11.9 Å². The molecule has 1 amide bonds. The zero-order chi connectivity index (χ0) is 11.7. The van der Waals surface area contributed by atoms with Crippen LogP contribution < -0.4 is 11.1 Å². The van der Waals surface area contributed by atoms with Crippen LogP contribution in [-0.2, 0) is 4.79 Å². The highest BCUT2D eigenvalue weighted by molar-refractivity contribution is 6.30. The largest absolute Gasteiger partial charge is 0.368 e. The van der Waals surface area contributed by atoms with Gasteiger partial charge in [-0.25, -0.2) is 4.39 Å². The van der Waals surface area contributed by atoms with E-state index in [0.717, 1.165) is 12.8 Å². The van der Waals surface area contributed by atoms with Crippen LogP contribution >= 0.6 is 11.6 Å². The van der Waals surface area contributed by atoms with E-state index in [9.17, 15) is 9.18 Å². The van der Waals surface area contributed by atoms with Gasteiger partial charge in [-0.3, -0.25) is 10.1 Å². The first-order valence-electron chi connectivity index (χ1n) is 5.08. The fraction of sp³-hybridized carbons (Fsp3) is 0.364. The van der Waals surface area contributed by atoms with Crippen molar-refractivity contribution in [2.75, 3.05) is 0 Å². The van der Waals surface area contributed by atoms with Crippen LogP contribution in [-0.4, -0.2) is 11.9 Å². The van der Waals surface area contributed by atoms with Crippen molar-refractivity contribution in [3.05, 3.63) is 34.6 Å². The molecule has 1 aromatic carbocycles. The highest BCUT2D eigenvalue weighted by Crippen LogP contribution is 2.26. The summed E-state index contributed by atoms with van der Waals surface area (Å²) in [4.78, 5) is 11.3. The van der Waals surface area contributed by atoms with E-state index in [4.69, 9.17) is 17.3 Å². The number of rotatable bonds is 4. The van der Waals surface area contributed by atoms with Gasteiger partial charge >= 0.3 is 0 Å². The molecule has 1 atom stereocenters. The fourth-order valence-electron chi connectivity index (χ4n) is 1.55. The predicted octanol–water partition coefficient (Wildman–Crippen LogP) is 1.76. The molecule has 0 bridgehead atoms. The van der Waals surface area contributed by atoms with E-state index >= 15 is 0 Å². The molecule has 3 N–H and O–H groups in total. The Morgan fingerprint density at radius 1 is 1.56 bits per heavy atom. The van der Waals surface area contributed by atoms with E-state index in [1.54, 1.807) is 6.07 Å². The van der Waals surface area contributed by atoms with E-state index in [-0.39, 0.29) is 11.6 Å². The molecule has 2 rings (SSSR count). The maximum Gasteiger partial charge on any atom is 0.239 e. The van der Waals surface area contributed by atoms with Crippen LogP contribution in [0.2, 0.25) is 5.02 Å². The van der Waals surface area contributed by atoms with Crippen LogP contribution in [0.25, 0.3) is 0 Å². The molecule has 86 valence electrons. The van der Waals surface area contributed by atoms with E-state index in [1.807, 2.05) is 0 Å². The smallest absolute Gasteiger partial charge is 0.239 e. The van der Waals surface area contributed by atoms with Gasteiger partial charge in [-0.05, 0) is 25.0 Å². The summed E-state index contributed by atoms with van der Waals surface area (Å²) in [7, 11) is 0. The molecule has 1 unspecified atom stereocenters. The third kappa shape index (κ3) is 2.51. The number of hydrogen-bond donors (Lipinski definition) is 2. The third-order valence-corrected chi connectivity index (χ3v) is 2.77. The second-order valence-corrected chi connectivity index (χ2v) is 4.38. The lowest BCUT2D eigenvalue weighted by Crippen LogP contribution is -2.35. The second-order valence-electron chi connectivity index (χ2n) is 3.94. The molecule has 0 saturated heterocycles. The lowest BCUT2D eigenvalue weighted by atomic mass is 10.1. The topological polar surface area (TPSA) is 55.1 Å². The zero-order valence-electron chi connectivity index (χ0n) is 8.54. The summed E-state index contributed by atoms with van der Waals surface area (Å²) >= 11 is 5.64. The molecule has 0 spiro atoms. The van der Waals surface area contributed by atoms with Crippen LogP contribution in [0, 0.1) is 5.82 Å². The highest BCUT2D eigenvalue weighted by Gasteiger charge is 2.29. The average molecular weight is 243 g/mol. The SMILES string of the molecule is NC(=O)C(NC1CC1)c1ccc(Cl)cc1F. The molecule has 0 radical (unpaired) electrons. The minimum absolute atomic E-state index is 0.254. The van der Waals surface area contributed by atoms with Gasteiger partial charge in [0.2, 0.25) is 5.91 Å². The van der Waals surface area contributed by atoms with Gasteiger partial charge in [0.15, 0.2) is 0 Å². The summed E-state index contributed by atoms with van der Waals surface area (Å²) in [6.45, 7) is 0. The molecule has 16 heavy (non-hydrogen) atoms. The Hall–Kier alpha value is -1.13. The molecule has 5 heteroatoms. The molecular weight excluding hydrogens is 231 g/mol. The van der Waals surface area contributed by atoms with Gasteiger partial charge < -0.3 is 5.73 Å². The number of nitrogens with one attached hydrogen (secondary N) is 1. The first-order valence-corrected chi connectivity index (χ1v) is 5.46.